The van der Waals surface area contributed by atoms with Gasteiger partial charge in [0.05, 0.1) is 11.9 Å². The molecule has 1 aromatic carbocycles. The number of hydrogen-bond donors (Lipinski definition) is 0. The molecule has 2 rings (SSSR count). The first-order valence-electron chi connectivity index (χ1n) is 5.87. The zero-order chi connectivity index (χ0) is 13.3. The number of aryl methyl sites for hydroxylation is 3. The highest BCUT2D eigenvalue weighted by Gasteiger charge is 2.17. The Hall–Kier alpha value is -0.800. The summed E-state index contributed by atoms with van der Waals surface area (Å²) in [6.45, 7) is 6.49. The van der Waals surface area contributed by atoms with Gasteiger partial charge in [-0.25, -0.2) is 0 Å². The van der Waals surface area contributed by atoms with E-state index in [0.29, 0.717) is 0 Å². The van der Waals surface area contributed by atoms with Crippen LogP contribution in [0.5, 0.6) is 5.75 Å². The highest BCUT2D eigenvalue weighted by Crippen LogP contribution is 2.39. The van der Waals surface area contributed by atoms with Crippen molar-refractivity contribution in [3.63, 3.8) is 0 Å². The van der Waals surface area contributed by atoms with Crippen LogP contribution in [0.4, 0.5) is 0 Å². The minimum atomic E-state index is 0.243. The molecule has 0 saturated heterocycles. The first-order chi connectivity index (χ1) is 8.52. The van der Waals surface area contributed by atoms with Crippen LogP contribution in [0.1, 0.15) is 32.0 Å². The van der Waals surface area contributed by atoms with Crippen molar-refractivity contribution in [2.45, 2.75) is 25.6 Å². The maximum Gasteiger partial charge on any atom is 0.129 e. The van der Waals surface area contributed by atoms with Gasteiger partial charge in [0, 0.05) is 10.3 Å². The van der Waals surface area contributed by atoms with Gasteiger partial charge in [0.15, 0.2) is 0 Å². The maximum absolute atomic E-state index is 5.25. The Bertz CT molecular complexity index is 536. The van der Waals surface area contributed by atoms with Crippen LogP contribution in [0.25, 0.3) is 0 Å². The zero-order valence-electron chi connectivity index (χ0n) is 11.1. The molecule has 0 N–H and O–H groups in total. The van der Waals surface area contributed by atoms with E-state index in [1.165, 1.54) is 27.1 Å². The van der Waals surface area contributed by atoms with Crippen LogP contribution in [-0.4, -0.2) is 7.11 Å². The van der Waals surface area contributed by atoms with Crippen molar-refractivity contribution in [1.29, 1.82) is 0 Å². The van der Waals surface area contributed by atoms with Gasteiger partial charge < -0.3 is 4.74 Å². The summed E-state index contributed by atoms with van der Waals surface area (Å²) in [4.78, 5) is 1.52. The van der Waals surface area contributed by atoms with Crippen molar-refractivity contribution in [3.8, 4) is 5.75 Å². The molecule has 0 fully saturated rings. The minimum absolute atomic E-state index is 0.243. The van der Waals surface area contributed by atoms with E-state index in [1.54, 1.807) is 18.4 Å². The van der Waals surface area contributed by atoms with Gasteiger partial charge >= 0.3 is 0 Å². The van der Waals surface area contributed by atoms with Gasteiger partial charge in [-0.3, -0.25) is 0 Å². The fourth-order valence-electron chi connectivity index (χ4n) is 2.31. The number of hydrogen-bond acceptors (Lipinski definition) is 2. The molecule has 1 unspecified atom stereocenters. The molecule has 3 heteroatoms. The number of halogens is 1. The van der Waals surface area contributed by atoms with E-state index in [-0.39, 0.29) is 4.83 Å². The molecule has 0 aliphatic heterocycles. The van der Waals surface area contributed by atoms with Crippen molar-refractivity contribution < 1.29 is 4.74 Å². The third-order valence-electron chi connectivity index (χ3n) is 3.07. The average Bonchev–Trinajstić information content (AvgIpc) is 2.75. The summed E-state index contributed by atoms with van der Waals surface area (Å²) in [6, 6.07) is 6.58. The first kappa shape index (κ1) is 13.6. The molecule has 2 aromatic rings. The standard InChI is InChI=1S/C15H17BrOS/c1-9-5-10(2)14(11(3)6-9)15(16)13-7-12(17-4)8-18-13/h5-8,15H,1-4H3. The van der Waals surface area contributed by atoms with Gasteiger partial charge in [0.1, 0.15) is 5.75 Å². The van der Waals surface area contributed by atoms with Crippen molar-refractivity contribution in [2.75, 3.05) is 7.11 Å². The van der Waals surface area contributed by atoms with E-state index in [4.69, 9.17) is 4.74 Å². The highest BCUT2D eigenvalue weighted by molar-refractivity contribution is 9.09. The van der Waals surface area contributed by atoms with E-state index in [1.807, 2.05) is 5.38 Å². The van der Waals surface area contributed by atoms with Crippen LogP contribution in [0.15, 0.2) is 23.6 Å². The molecule has 0 aliphatic rings. The SMILES string of the molecule is COc1csc(C(Br)c2c(C)cc(C)cc2C)c1. The van der Waals surface area contributed by atoms with E-state index >= 15 is 0 Å². The Labute approximate surface area is 121 Å². The lowest BCUT2D eigenvalue weighted by molar-refractivity contribution is 0.416. The average molecular weight is 325 g/mol. The number of alkyl halides is 1. The van der Waals surface area contributed by atoms with Crippen LogP contribution in [-0.2, 0) is 0 Å². The molecular weight excluding hydrogens is 308 g/mol. The molecule has 1 heterocycles. The van der Waals surface area contributed by atoms with Crippen LogP contribution in [0.3, 0.4) is 0 Å². The summed E-state index contributed by atoms with van der Waals surface area (Å²) in [7, 11) is 1.71. The lowest BCUT2D eigenvalue weighted by Crippen LogP contribution is -1.98. The second kappa shape index (κ2) is 5.45. The Kier molecular flexibility index (Phi) is 4.13. The van der Waals surface area contributed by atoms with Crippen molar-refractivity contribution in [1.82, 2.24) is 0 Å². The zero-order valence-corrected chi connectivity index (χ0v) is 13.5. The molecule has 0 radical (unpaired) electrons. The van der Waals surface area contributed by atoms with Gasteiger partial charge in [-0.2, -0.15) is 0 Å². The lowest BCUT2D eigenvalue weighted by Gasteiger charge is -2.16. The molecule has 96 valence electrons. The van der Waals surface area contributed by atoms with Crippen molar-refractivity contribution >= 4 is 27.3 Å². The van der Waals surface area contributed by atoms with E-state index in [9.17, 15) is 0 Å². The minimum Gasteiger partial charge on any atom is -0.496 e. The molecule has 1 nitrogen and oxygen atoms in total. The molecule has 1 aromatic heterocycles. The predicted octanol–water partition coefficient (Wildman–Crippen LogP) is 5.17. The van der Waals surface area contributed by atoms with E-state index in [2.05, 4.69) is 54.9 Å². The van der Waals surface area contributed by atoms with Crippen LogP contribution >= 0.6 is 27.3 Å². The quantitative estimate of drug-likeness (QED) is 0.708. The summed E-state index contributed by atoms with van der Waals surface area (Å²) in [6.07, 6.45) is 0. The molecule has 18 heavy (non-hydrogen) atoms. The maximum atomic E-state index is 5.25. The third-order valence-corrected chi connectivity index (χ3v) is 5.30. The molecule has 0 bridgehead atoms. The first-order valence-corrected chi connectivity index (χ1v) is 7.66. The Morgan fingerprint density at radius 1 is 1.11 bits per heavy atom. The van der Waals surface area contributed by atoms with Crippen molar-refractivity contribution in [3.05, 3.63) is 50.7 Å². The Morgan fingerprint density at radius 2 is 1.72 bits per heavy atom. The summed E-state index contributed by atoms with van der Waals surface area (Å²) in [5.74, 6) is 0.932. The topological polar surface area (TPSA) is 9.23 Å². The molecule has 0 spiro atoms. The largest absolute Gasteiger partial charge is 0.496 e. The lowest BCUT2D eigenvalue weighted by atomic mass is 9.97. The summed E-state index contributed by atoms with van der Waals surface area (Å²) in [5.41, 5.74) is 5.35. The molecular formula is C15H17BrOS. The molecule has 0 amide bonds. The van der Waals surface area contributed by atoms with Gasteiger partial charge in [0.25, 0.3) is 0 Å². The van der Waals surface area contributed by atoms with Gasteiger partial charge in [0.2, 0.25) is 0 Å². The van der Waals surface area contributed by atoms with Crippen LogP contribution in [0, 0.1) is 20.8 Å². The van der Waals surface area contributed by atoms with Crippen molar-refractivity contribution in [2.24, 2.45) is 0 Å². The smallest absolute Gasteiger partial charge is 0.129 e. The number of ether oxygens (including phenoxy) is 1. The van der Waals surface area contributed by atoms with Crippen LogP contribution < -0.4 is 4.74 Å². The third kappa shape index (κ3) is 2.62. The second-order valence-electron chi connectivity index (χ2n) is 4.56. The number of methoxy groups -OCH3 is 1. The summed E-state index contributed by atoms with van der Waals surface area (Å²) < 4.78 is 5.25. The monoisotopic (exact) mass is 324 g/mol. The summed E-state index contributed by atoms with van der Waals surface area (Å²) >= 11 is 5.54. The molecule has 0 aliphatic carbocycles. The normalized spacial score (nSPS) is 12.5. The Morgan fingerprint density at radius 3 is 2.22 bits per heavy atom. The Balaban J connectivity index is 2.42. The van der Waals surface area contributed by atoms with E-state index < -0.39 is 0 Å². The predicted molar refractivity (Wildman–Crippen MR) is 82.3 cm³/mol. The number of rotatable bonds is 3. The molecule has 0 saturated carbocycles. The highest BCUT2D eigenvalue weighted by atomic mass is 79.9. The molecule has 1 atom stereocenters. The fourth-order valence-corrected chi connectivity index (χ4v) is 4.32. The van der Waals surface area contributed by atoms with Crippen LogP contribution in [0.2, 0.25) is 0 Å². The van der Waals surface area contributed by atoms with Gasteiger partial charge in [-0.05, 0) is 43.5 Å². The second-order valence-corrected chi connectivity index (χ2v) is 6.42. The summed E-state index contributed by atoms with van der Waals surface area (Å²) in [5, 5.41) is 2.04. The fraction of sp³-hybridized carbons (Fsp3) is 0.333. The number of benzene rings is 1. The van der Waals surface area contributed by atoms with Gasteiger partial charge in [-0.1, -0.05) is 33.6 Å². The van der Waals surface area contributed by atoms with E-state index in [0.717, 1.165) is 5.75 Å². The number of thiophene rings is 1. The van der Waals surface area contributed by atoms with Gasteiger partial charge in [-0.15, -0.1) is 11.3 Å².